The first kappa shape index (κ1) is 18.2. The number of carbonyl (C=O) groups excluding carboxylic acids is 1. The topological polar surface area (TPSA) is 72.5 Å². The van der Waals surface area contributed by atoms with Gasteiger partial charge in [-0.25, -0.2) is 0 Å². The summed E-state index contributed by atoms with van der Waals surface area (Å²) in [7, 11) is 0. The van der Waals surface area contributed by atoms with Crippen LogP contribution in [0.1, 0.15) is 37.2 Å². The van der Waals surface area contributed by atoms with Crippen LogP contribution in [0.3, 0.4) is 0 Å². The number of hydrogen-bond donors (Lipinski definition) is 2. The Balaban J connectivity index is 1.58. The summed E-state index contributed by atoms with van der Waals surface area (Å²) in [6, 6.07) is 11.3. The number of nitrogens with zero attached hydrogens (tertiary/aromatic N) is 1. The molecule has 0 spiro atoms. The molecule has 1 aliphatic heterocycles. The highest BCUT2D eigenvalue weighted by molar-refractivity contribution is 5.93. The molecule has 2 heterocycles. The van der Waals surface area contributed by atoms with E-state index in [4.69, 9.17) is 9.47 Å². The van der Waals surface area contributed by atoms with Crippen molar-refractivity contribution in [3.8, 4) is 5.75 Å². The van der Waals surface area contributed by atoms with Gasteiger partial charge in [0.25, 0.3) is 5.91 Å². The lowest BCUT2D eigenvalue weighted by molar-refractivity contribution is 0.0854. The van der Waals surface area contributed by atoms with E-state index in [0.717, 1.165) is 36.6 Å². The van der Waals surface area contributed by atoms with Crippen molar-refractivity contribution < 1.29 is 14.3 Å². The van der Waals surface area contributed by atoms with Crippen molar-refractivity contribution in [2.24, 2.45) is 0 Å². The van der Waals surface area contributed by atoms with Crippen LogP contribution in [0.5, 0.6) is 5.75 Å². The van der Waals surface area contributed by atoms with Crippen LogP contribution in [0.4, 0.5) is 11.4 Å². The molecule has 6 nitrogen and oxygen atoms in total. The van der Waals surface area contributed by atoms with Gasteiger partial charge in [0, 0.05) is 30.7 Å². The normalized spacial score (nSPS) is 16.5. The monoisotopic (exact) mass is 355 g/mol. The van der Waals surface area contributed by atoms with Crippen LogP contribution in [0, 0.1) is 0 Å². The number of pyridine rings is 1. The molecule has 1 amide bonds. The van der Waals surface area contributed by atoms with Gasteiger partial charge in [-0.2, -0.15) is 0 Å². The highest BCUT2D eigenvalue weighted by Gasteiger charge is 2.17. The quantitative estimate of drug-likeness (QED) is 0.795. The van der Waals surface area contributed by atoms with Crippen molar-refractivity contribution in [2.75, 3.05) is 18.5 Å². The summed E-state index contributed by atoms with van der Waals surface area (Å²) in [6.07, 6.45) is 3.93. The molecule has 1 unspecified atom stereocenters. The van der Waals surface area contributed by atoms with Crippen molar-refractivity contribution in [3.63, 3.8) is 0 Å². The van der Waals surface area contributed by atoms with E-state index in [0.29, 0.717) is 12.2 Å². The van der Waals surface area contributed by atoms with E-state index in [2.05, 4.69) is 15.6 Å². The van der Waals surface area contributed by atoms with Crippen LogP contribution < -0.4 is 15.4 Å². The zero-order valence-corrected chi connectivity index (χ0v) is 15.2. The number of amides is 1. The molecule has 0 aliphatic carbocycles. The second kappa shape index (κ2) is 8.67. The van der Waals surface area contributed by atoms with Crippen LogP contribution in [0.25, 0.3) is 0 Å². The average molecular weight is 355 g/mol. The molecule has 1 saturated heterocycles. The fourth-order valence-electron chi connectivity index (χ4n) is 2.79. The molecule has 1 aliphatic rings. The minimum absolute atomic E-state index is 0.117. The Morgan fingerprint density at radius 3 is 2.77 bits per heavy atom. The van der Waals surface area contributed by atoms with Gasteiger partial charge >= 0.3 is 0 Å². The molecule has 6 heteroatoms. The number of rotatable bonds is 7. The minimum atomic E-state index is -0.190. The number of anilines is 2. The molecule has 2 aromatic rings. The first-order valence-electron chi connectivity index (χ1n) is 9.00. The molecule has 1 aromatic carbocycles. The van der Waals surface area contributed by atoms with Crippen molar-refractivity contribution in [3.05, 3.63) is 48.3 Å². The van der Waals surface area contributed by atoms with E-state index in [9.17, 15) is 4.79 Å². The van der Waals surface area contributed by atoms with E-state index in [-0.39, 0.29) is 18.1 Å². The van der Waals surface area contributed by atoms with Crippen molar-refractivity contribution >= 4 is 17.3 Å². The van der Waals surface area contributed by atoms with Crippen molar-refractivity contribution in [1.29, 1.82) is 0 Å². The van der Waals surface area contributed by atoms with Gasteiger partial charge in [0.2, 0.25) is 0 Å². The largest absolute Gasteiger partial charge is 0.491 e. The van der Waals surface area contributed by atoms with E-state index in [1.54, 1.807) is 12.3 Å². The average Bonchev–Trinajstić information content (AvgIpc) is 3.15. The summed E-state index contributed by atoms with van der Waals surface area (Å²) in [5, 5.41) is 6.16. The summed E-state index contributed by atoms with van der Waals surface area (Å²) in [5.41, 5.74) is 2.10. The fraction of sp³-hybridized carbons (Fsp3) is 0.400. The summed E-state index contributed by atoms with van der Waals surface area (Å²) in [4.78, 5) is 16.4. The number of aromatic nitrogens is 1. The van der Waals surface area contributed by atoms with Crippen LogP contribution >= 0.6 is 0 Å². The van der Waals surface area contributed by atoms with Gasteiger partial charge in [0.15, 0.2) is 0 Å². The van der Waals surface area contributed by atoms with E-state index in [1.807, 2.05) is 44.2 Å². The molecule has 26 heavy (non-hydrogen) atoms. The highest BCUT2D eigenvalue weighted by atomic mass is 16.5. The van der Waals surface area contributed by atoms with Gasteiger partial charge in [-0.3, -0.25) is 9.78 Å². The number of benzene rings is 1. The molecule has 2 N–H and O–H groups in total. The predicted molar refractivity (Wildman–Crippen MR) is 101 cm³/mol. The Morgan fingerprint density at radius 1 is 1.27 bits per heavy atom. The van der Waals surface area contributed by atoms with Gasteiger partial charge in [0.1, 0.15) is 11.4 Å². The predicted octanol–water partition coefficient (Wildman–Crippen LogP) is 3.52. The molecular formula is C20H25N3O3. The highest BCUT2D eigenvalue weighted by Crippen LogP contribution is 2.21. The number of ether oxygens (including phenoxy) is 2. The zero-order valence-electron chi connectivity index (χ0n) is 15.2. The molecule has 3 rings (SSSR count). The first-order chi connectivity index (χ1) is 12.6. The molecule has 0 saturated carbocycles. The first-order valence-corrected chi connectivity index (χ1v) is 9.00. The second-order valence-electron chi connectivity index (χ2n) is 6.59. The summed E-state index contributed by atoms with van der Waals surface area (Å²) in [6.45, 7) is 5.29. The molecule has 1 atom stereocenters. The van der Waals surface area contributed by atoms with Crippen LogP contribution in [-0.2, 0) is 4.74 Å². The Bertz CT molecular complexity index is 725. The SMILES string of the molecule is CC(C)Oc1ccc(Nc2ccnc(C(=O)NCC3CCCO3)c2)cc1. The molecular weight excluding hydrogens is 330 g/mol. The molecule has 1 aromatic heterocycles. The Labute approximate surface area is 153 Å². The standard InChI is InChI=1S/C20H25N3O3/c1-14(2)26-17-7-5-15(6-8-17)23-16-9-10-21-19(12-16)20(24)22-13-18-4-3-11-25-18/h5-10,12,14,18H,3-4,11,13H2,1-2H3,(H,21,23)(H,22,24). The van der Waals surface area contributed by atoms with Crippen LogP contribution in [0.2, 0.25) is 0 Å². The Kier molecular flexibility index (Phi) is 6.07. The third-order valence-corrected chi connectivity index (χ3v) is 4.02. The van der Waals surface area contributed by atoms with Gasteiger partial charge in [-0.15, -0.1) is 0 Å². The molecule has 1 fully saturated rings. The Hall–Kier alpha value is -2.60. The lowest BCUT2D eigenvalue weighted by atomic mass is 10.2. The number of carbonyl (C=O) groups is 1. The van der Waals surface area contributed by atoms with Crippen molar-refractivity contribution in [2.45, 2.75) is 38.9 Å². The molecule has 0 radical (unpaired) electrons. The van der Waals surface area contributed by atoms with Gasteiger partial charge in [-0.1, -0.05) is 0 Å². The lowest BCUT2D eigenvalue weighted by Gasteiger charge is -2.12. The van der Waals surface area contributed by atoms with E-state index >= 15 is 0 Å². The number of nitrogens with one attached hydrogen (secondary N) is 2. The maximum absolute atomic E-state index is 12.3. The van der Waals surface area contributed by atoms with Gasteiger partial charge in [0.05, 0.1) is 12.2 Å². The van der Waals surface area contributed by atoms with Gasteiger partial charge < -0.3 is 20.1 Å². The van der Waals surface area contributed by atoms with E-state index in [1.165, 1.54) is 0 Å². The second-order valence-corrected chi connectivity index (χ2v) is 6.59. The third kappa shape index (κ3) is 5.20. The molecule has 0 bridgehead atoms. The molecule has 138 valence electrons. The summed E-state index contributed by atoms with van der Waals surface area (Å²) in [5.74, 6) is 0.638. The minimum Gasteiger partial charge on any atom is -0.491 e. The maximum atomic E-state index is 12.3. The van der Waals surface area contributed by atoms with Crippen LogP contribution in [0.15, 0.2) is 42.6 Å². The smallest absolute Gasteiger partial charge is 0.270 e. The Morgan fingerprint density at radius 2 is 2.08 bits per heavy atom. The lowest BCUT2D eigenvalue weighted by Crippen LogP contribution is -2.32. The van der Waals surface area contributed by atoms with E-state index < -0.39 is 0 Å². The van der Waals surface area contributed by atoms with Crippen LogP contribution in [-0.4, -0.2) is 36.3 Å². The zero-order chi connectivity index (χ0) is 18.4. The fourth-order valence-corrected chi connectivity index (χ4v) is 2.79. The third-order valence-electron chi connectivity index (χ3n) is 4.02. The maximum Gasteiger partial charge on any atom is 0.270 e. The summed E-state index contributed by atoms with van der Waals surface area (Å²) < 4.78 is 11.2. The summed E-state index contributed by atoms with van der Waals surface area (Å²) >= 11 is 0. The van der Waals surface area contributed by atoms with Crippen molar-refractivity contribution in [1.82, 2.24) is 10.3 Å². The van der Waals surface area contributed by atoms with Gasteiger partial charge in [-0.05, 0) is 63.1 Å². The number of hydrogen-bond acceptors (Lipinski definition) is 5.